The minimum absolute atomic E-state index is 0.221. The molecule has 2 amide bonds. The molecule has 2 rings (SSSR count). The fraction of sp³-hybridized carbons (Fsp3) is 0.526. The second kappa shape index (κ2) is 10.3. The molecule has 1 saturated heterocycles. The van der Waals surface area contributed by atoms with Crippen LogP contribution in [0.4, 0.5) is 5.69 Å². The highest BCUT2D eigenvalue weighted by Crippen LogP contribution is 2.23. The molecule has 0 bridgehead atoms. The molecule has 0 saturated carbocycles. The Bertz CT molecular complexity index is 656. The number of anilines is 1. The normalized spacial score (nSPS) is 19.1. The molecule has 27 heavy (non-hydrogen) atoms. The molecule has 0 spiro atoms. The fourth-order valence-electron chi connectivity index (χ4n) is 2.76. The van der Waals surface area contributed by atoms with E-state index in [1.165, 1.54) is 4.90 Å². The van der Waals surface area contributed by atoms with Crippen molar-refractivity contribution in [2.24, 2.45) is 0 Å². The number of benzene rings is 1. The minimum Gasteiger partial charge on any atom is -0.465 e. The van der Waals surface area contributed by atoms with Crippen LogP contribution < -0.4 is 15.5 Å². The number of carbonyl (C=O) groups is 3. The second-order valence-electron chi connectivity index (χ2n) is 6.23. The van der Waals surface area contributed by atoms with Crippen molar-refractivity contribution < 1.29 is 19.1 Å². The number of para-hydroxylation sites is 1. The summed E-state index contributed by atoms with van der Waals surface area (Å²) in [7, 11) is 0. The second-order valence-corrected chi connectivity index (χ2v) is 7.22. The van der Waals surface area contributed by atoms with Crippen LogP contribution in [0.1, 0.15) is 20.3 Å². The number of rotatable bonds is 10. The predicted octanol–water partition coefficient (Wildman–Crippen LogP) is 1.18. The molecule has 2 N–H and O–H groups in total. The quantitative estimate of drug-likeness (QED) is 0.352. The summed E-state index contributed by atoms with van der Waals surface area (Å²) in [6.45, 7) is 4.23. The molecule has 8 heteroatoms. The lowest BCUT2D eigenvalue weighted by Gasteiger charge is -2.28. The van der Waals surface area contributed by atoms with Crippen LogP contribution in [0, 0.1) is 0 Å². The van der Waals surface area contributed by atoms with E-state index in [1.54, 1.807) is 37.7 Å². The van der Waals surface area contributed by atoms with Crippen molar-refractivity contribution in [3.8, 4) is 0 Å². The van der Waals surface area contributed by atoms with Gasteiger partial charge in [0.2, 0.25) is 11.8 Å². The molecule has 1 aromatic carbocycles. The fourth-order valence-corrected chi connectivity index (χ4v) is 3.19. The average Bonchev–Trinajstić information content (AvgIpc) is 3.47. The van der Waals surface area contributed by atoms with E-state index >= 15 is 0 Å². The van der Waals surface area contributed by atoms with Gasteiger partial charge in [0.05, 0.1) is 6.61 Å². The van der Waals surface area contributed by atoms with Crippen LogP contribution in [0.5, 0.6) is 0 Å². The maximum absolute atomic E-state index is 13.0. The van der Waals surface area contributed by atoms with Gasteiger partial charge in [-0.2, -0.15) is 11.8 Å². The largest absolute Gasteiger partial charge is 0.465 e. The minimum atomic E-state index is -0.695. The van der Waals surface area contributed by atoms with Crippen LogP contribution in [0.2, 0.25) is 0 Å². The predicted molar refractivity (Wildman–Crippen MR) is 107 cm³/mol. The number of esters is 1. The highest BCUT2D eigenvalue weighted by molar-refractivity contribution is 7.98. The Hall–Kier alpha value is -2.06. The van der Waals surface area contributed by atoms with Crippen LogP contribution >= 0.6 is 11.8 Å². The third-order valence-electron chi connectivity index (χ3n) is 4.25. The highest BCUT2D eigenvalue weighted by Gasteiger charge is 2.51. The lowest BCUT2D eigenvalue weighted by Crippen LogP contribution is -2.50. The SMILES string of the molecule is CCOC(=O)[C@@H]1N[C@H]1C(=O)N(c1ccccc1)[C@@H](C)C(=O)NCCCSC. The number of hydrogen-bond acceptors (Lipinski definition) is 6. The Morgan fingerprint density at radius 2 is 1.96 bits per heavy atom. The zero-order chi connectivity index (χ0) is 19.8. The van der Waals surface area contributed by atoms with Gasteiger partial charge in [-0.05, 0) is 44.4 Å². The van der Waals surface area contributed by atoms with Gasteiger partial charge in [0.25, 0.3) is 0 Å². The summed E-state index contributed by atoms with van der Waals surface area (Å²) in [5, 5.41) is 5.73. The summed E-state index contributed by atoms with van der Waals surface area (Å²) < 4.78 is 4.96. The molecule has 1 fully saturated rings. The molecule has 0 aliphatic carbocycles. The Kier molecular flexibility index (Phi) is 8.12. The van der Waals surface area contributed by atoms with E-state index < -0.39 is 24.1 Å². The zero-order valence-electron chi connectivity index (χ0n) is 15.9. The summed E-state index contributed by atoms with van der Waals surface area (Å²) >= 11 is 1.72. The summed E-state index contributed by atoms with van der Waals surface area (Å²) in [6, 6.07) is 6.99. The number of thioether (sulfide) groups is 1. The van der Waals surface area contributed by atoms with E-state index in [0.717, 1.165) is 12.2 Å². The molecule has 0 unspecified atom stereocenters. The number of nitrogens with zero attached hydrogens (tertiary/aromatic N) is 1. The Morgan fingerprint density at radius 1 is 1.26 bits per heavy atom. The van der Waals surface area contributed by atoms with Gasteiger partial charge in [-0.3, -0.25) is 24.6 Å². The van der Waals surface area contributed by atoms with Crippen LogP contribution in [0.25, 0.3) is 0 Å². The van der Waals surface area contributed by atoms with Crippen LogP contribution in [-0.4, -0.2) is 61.1 Å². The maximum Gasteiger partial charge on any atom is 0.325 e. The van der Waals surface area contributed by atoms with Crippen molar-refractivity contribution >= 4 is 35.2 Å². The van der Waals surface area contributed by atoms with E-state index in [4.69, 9.17) is 4.74 Å². The first-order chi connectivity index (χ1) is 13.0. The molecule has 0 aromatic heterocycles. The van der Waals surface area contributed by atoms with Gasteiger partial charge < -0.3 is 10.1 Å². The van der Waals surface area contributed by atoms with Gasteiger partial charge in [-0.25, -0.2) is 0 Å². The van der Waals surface area contributed by atoms with Gasteiger partial charge in [0, 0.05) is 12.2 Å². The lowest BCUT2D eigenvalue weighted by atomic mass is 10.1. The van der Waals surface area contributed by atoms with Gasteiger partial charge in [-0.15, -0.1) is 0 Å². The molecule has 0 radical (unpaired) electrons. The molecule has 1 aliphatic rings. The highest BCUT2D eigenvalue weighted by atomic mass is 32.2. The van der Waals surface area contributed by atoms with Crippen LogP contribution in [-0.2, 0) is 19.1 Å². The standard InChI is InChI=1S/C19H27N3O4S/c1-4-26-19(25)16-15(21-16)18(24)22(14-9-6-5-7-10-14)13(2)17(23)20-11-8-12-27-3/h5-7,9-10,13,15-16,21H,4,8,11-12H2,1-3H3,(H,20,23)/t13-,15+,16+/m0/s1. The molecule has 1 aliphatic heterocycles. The first-order valence-electron chi connectivity index (χ1n) is 9.08. The first-order valence-corrected chi connectivity index (χ1v) is 10.5. The molecule has 7 nitrogen and oxygen atoms in total. The van der Waals surface area contributed by atoms with E-state index in [1.807, 2.05) is 24.5 Å². The number of amides is 2. The van der Waals surface area contributed by atoms with Crippen molar-refractivity contribution in [3.63, 3.8) is 0 Å². The number of carbonyl (C=O) groups excluding carboxylic acids is 3. The number of nitrogens with one attached hydrogen (secondary N) is 2. The topological polar surface area (TPSA) is 97.7 Å². The molecule has 1 aromatic rings. The lowest BCUT2D eigenvalue weighted by molar-refractivity contribution is -0.143. The van der Waals surface area contributed by atoms with Crippen molar-refractivity contribution in [1.29, 1.82) is 0 Å². The van der Waals surface area contributed by atoms with Gasteiger partial charge >= 0.3 is 5.97 Å². The summed E-state index contributed by atoms with van der Waals surface area (Å²) in [6.07, 6.45) is 2.89. The van der Waals surface area contributed by atoms with Crippen molar-refractivity contribution in [1.82, 2.24) is 10.6 Å². The van der Waals surface area contributed by atoms with Gasteiger partial charge in [-0.1, -0.05) is 18.2 Å². The Labute approximate surface area is 164 Å². The summed E-state index contributed by atoms with van der Waals surface area (Å²) in [4.78, 5) is 38.9. The third kappa shape index (κ3) is 5.71. The first kappa shape index (κ1) is 21.2. The maximum atomic E-state index is 13.0. The molecular formula is C19H27N3O4S. The molecule has 148 valence electrons. The zero-order valence-corrected chi connectivity index (χ0v) is 16.8. The number of hydrogen-bond donors (Lipinski definition) is 2. The van der Waals surface area contributed by atoms with Crippen molar-refractivity contribution in [3.05, 3.63) is 30.3 Å². The van der Waals surface area contributed by atoms with Crippen molar-refractivity contribution in [2.45, 2.75) is 38.4 Å². The van der Waals surface area contributed by atoms with E-state index in [2.05, 4.69) is 10.6 Å². The van der Waals surface area contributed by atoms with Crippen LogP contribution in [0.15, 0.2) is 30.3 Å². The summed E-state index contributed by atoms with van der Waals surface area (Å²) in [5.74, 6) is -0.0193. The van der Waals surface area contributed by atoms with Crippen LogP contribution in [0.3, 0.4) is 0 Å². The Morgan fingerprint density at radius 3 is 2.59 bits per heavy atom. The average molecular weight is 394 g/mol. The van der Waals surface area contributed by atoms with E-state index in [0.29, 0.717) is 12.2 Å². The number of ether oxygens (including phenoxy) is 1. The van der Waals surface area contributed by atoms with E-state index in [9.17, 15) is 14.4 Å². The Balaban J connectivity index is 2.09. The summed E-state index contributed by atoms with van der Waals surface area (Å²) in [5.41, 5.74) is 0.616. The smallest absolute Gasteiger partial charge is 0.325 e. The van der Waals surface area contributed by atoms with Gasteiger partial charge in [0.15, 0.2) is 0 Å². The third-order valence-corrected chi connectivity index (χ3v) is 4.95. The molecule has 1 heterocycles. The van der Waals surface area contributed by atoms with Crippen molar-refractivity contribution in [2.75, 3.05) is 30.1 Å². The monoisotopic (exact) mass is 393 g/mol. The molecule has 3 atom stereocenters. The van der Waals surface area contributed by atoms with E-state index in [-0.39, 0.29) is 18.4 Å². The van der Waals surface area contributed by atoms with Gasteiger partial charge in [0.1, 0.15) is 18.1 Å². The molecular weight excluding hydrogens is 366 g/mol.